The molecule has 5 heteroatoms. The summed E-state index contributed by atoms with van der Waals surface area (Å²) in [5.74, 6) is -0.877. The number of para-hydroxylation sites is 1. The summed E-state index contributed by atoms with van der Waals surface area (Å²) in [6, 6.07) is 4.40. The van der Waals surface area contributed by atoms with Gasteiger partial charge >= 0.3 is 0 Å². The van der Waals surface area contributed by atoms with Crippen LogP contribution in [0.1, 0.15) is 42.5 Å². The summed E-state index contributed by atoms with van der Waals surface area (Å²) in [7, 11) is 0. The van der Waals surface area contributed by atoms with E-state index in [0.29, 0.717) is 0 Å². The third-order valence-corrected chi connectivity index (χ3v) is 4.05. The number of hydrogen-bond acceptors (Lipinski definition) is 2. The summed E-state index contributed by atoms with van der Waals surface area (Å²) in [5, 5.41) is 3.10. The second-order valence-electron chi connectivity index (χ2n) is 5.50. The van der Waals surface area contributed by atoms with E-state index in [0.717, 1.165) is 25.7 Å². The highest BCUT2D eigenvalue weighted by molar-refractivity contribution is 5.97. The maximum atomic E-state index is 13.6. The number of benzene rings is 1. The molecule has 1 aromatic carbocycles. The molecule has 1 aromatic heterocycles. The Labute approximate surface area is 121 Å². The molecule has 0 bridgehead atoms. The molecule has 1 saturated carbocycles. The molecule has 21 heavy (non-hydrogen) atoms. The Bertz CT molecular complexity index is 733. The number of halogens is 1. The summed E-state index contributed by atoms with van der Waals surface area (Å²) in [6.07, 6.45) is 6.60. The lowest BCUT2D eigenvalue weighted by Gasteiger charge is -2.22. The predicted molar refractivity (Wildman–Crippen MR) is 78.9 cm³/mol. The summed E-state index contributed by atoms with van der Waals surface area (Å²) in [4.78, 5) is 27.3. The highest BCUT2D eigenvalue weighted by Gasteiger charge is 2.19. The molecule has 4 nitrogen and oxygen atoms in total. The minimum Gasteiger partial charge on any atom is -0.358 e. The Morgan fingerprint density at radius 2 is 2.00 bits per heavy atom. The van der Waals surface area contributed by atoms with Gasteiger partial charge in [0.1, 0.15) is 11.4 Å². The van der Waals surface area contributed by atoms with Gasteiger partial charge in [0.15, 0.2) is 0 Å². The third kappa shape index (κ3) is 2.68. The topological polar surface area (TPSA) is 62.0 Å². The van der Waals surface area contributed by atoms with Crippen molar-refractivity contribution in [2.24, 2.45) is 0 Å². The number of pyridine rings is 1. The predicted octanol–water partition coefficient (Wildman–Crippen LogP) is 2.73. The van der Waals surface area contributed by atoms with Crippen LogP contribution >= 0.6 is 0 Å². The molecule has 1 aliphatic rings. The zero-order valence-corrected chi connectivity index (χ0v) is 11.6. The maximum absolute atomic E-state index is 13.6. The lowest BCUT2D eigenvalue weighted by Crippen LogP contribution is -2.38. The first-order valence-corrected chi connectivity index (χ1v) is 7.27. The van der Waals surface area contributed by atoms with Gasteiger partial charge in [-0.1, -0.05) is 25.3 Å². The number of carbonyl (C=O) groups excluding carboxylic acids is 1. The van der Waals surface area contributed by atoms with E-state index in [4.69, 9.17) is 0 Å². The number of carbonyl (C=O) groups is 1. The molecule has 1 heterocycles. The van der Waals surface area contributed by atoms with Crippen molar-refractivity contribution in [3.8, 4) is 0 Å². The van der Waals surface area contributed by atoms with Crippen LogP contribution < -0.4 is 10.7 Å². The lowest BCUT2D eigenvalue weighted by atomic mass is 9.95. The molecule has 1 aliphatic carbocycles. The van der Waals surface area contributed by atoms with Gasteiger partial charge in [-0.05, 0) is 25.0 Å². The monoisotopic (exact) mass is 288 g/mol. The van der Waals surface area contributed by atoms with Gasteiger partial charge in [-0.3, -0.25) is 9.59 Å². The van der Waals surface area contributed by atoms with Gasteiger partial charge in [-0.15, -0.1) is 0 Å². The summed E-state index contributed by atoms with van der Waals surface area (Å²) < 4.78 is 13.6. The molecule has 0 radical (unpaired) electrons. The standard InChI is InChI=1S/C16H17FN2O2/c17-13-8-4-7-11-14(13)18-9-12(15(11)20)16(21)19-10-5-2-1-3-6-10/h4,7-10H,1-3,5-6H2,(H,18,20)(H,19,21). The number of aromatic nitrogens is 1. The fourth-order valence-corrected chi connectivity index (χ4v) is 2.89. The van der Waals surface area contributed by atoms with Gasteiger partial charge in [0, 0.05) is 17.6 Å². The first-order valence-electron chi connectivity index (χ1n) is 7.27. The number of H-pyrrole nitrogens is 1. The largest absolute Gasteiger partial charge is 0.358 e. The van der Waals surface area contributed by atoms with E-state index in [9.17, 15) is 14.0 Å². The Hall–Kier alpha value is -2.17. The van der Waals surface area contributed by atoms with E-state index in [1.165, 1.54) is 30.8 Å². The van der Waals surface area contributed by atoms with Crippen LogP contribution in [0.25, 0.3) is 10.9 Å². The highest BCUT2D eigenvalue weighted by Crippen LogP contribution is 2.18. The van der Waals surface area contributed by atoms with Crippen molar-refractivity contribution >= 4 is 16.8 Å². The van der Waals surface area contributed by atoms with Crippen LogP contribution in [0, 0.1) is 5.82 Å². The number of nitrogens with one attached hydrogen (secondary N) is 2. The van der Waals surface area contributed by atoms with E-state index in [1.54, 1.807) is 0 Å². The Balaban J connectivity index is 1.91. The molecule has 1 amide bonds. The number of rotatable bonds is 2. The molecule has 0 atom stereocenters. The highest BCUT2D eigenvalue weighted by atomic mass is 19.1. The second-order valence-corrected chi connectivity index (χ2v) is 5.50. The molecule has 110 valence electrons. The molecule has 2 N–H and O–H groups in total. The van der Waals surface area contributed by atoms with Gasteiger partial charge < -0.3 is 10.3 Å². The molecular weight excluding hydrogens is 271 g/mol. The lowest BCUT2D eigenvalue weighted by molar-refractivity contribution is 0.0926. The first kappa shape index (κ1) is 13.8. The molecule has 0 spiro atoms. The van der Waals surface area contributed by atoms with Gasteiger partial charge in [0.25, 0.3) is 5.91 Å². The normalized spacial score (nSPS) is 16.0. The Kier molecular flexibility index (Phi) is 3.73. The van der Waals surface area contributed by atoms with E-state index in [1.807, 2.05) is 0 Å². The average Bonchev–Trinajstić information content (AvgIpc) is 2.49. The minimum absolute atomic E-state index is 0.0404. The Morgan fingerprint density at radius 3 is 2.76 bits per heavy atom. The van der Waals surface area contributed by atoms with Crippen molar-refractivity contribution in [2.45, 2.75) is 38.1 Å². The summed E-state index contributed by atoms with van der Waals surface area (Å²) in [6.45, 7) is 0. The number of fused-ring (bicyclic) bond motifs is 1. The number of aromatic amines is 1. The smallest absolute Gasteiger partial charge is 0.256 e. The fraction of sp³-hybridized carbons (Fsp3) is 0.375. The van der Waals surface area contributed by atoms with Crippen molar-refractivity contribution < 1.29 is 9.18 Å². The molecule has 0 saturated heterocycles. The maximum Gasteiger partial charge on any atom is 0.256 e. The first-order chi connectivity index (χ1) is 10.2. The van der Waals surface area contributed by atoms with Crippen molar-refractivity contribution in [1.29, 1.82) is 0 Å². The van der Waals surface area contributed by atoms with Crippen LogP contribution in [0.3, 0.4) is 0 Å². The van der Waals surface area contributed by atoms with Crippen LogP contribution in [0.2, 0.25) is 0 Å². The van der Waals surface area contributed by atoms with Crippen LogP contribution in [0.4, 0.5) is 4.39 Å². The van der Waals surface area contributed by atoms with E-state index >= 15 is 0 Å². The number of hydrogen-bond donors (Lipinski definition) is 2. The van der Waals surface area contributed by atoms with Crippen molar-refractivity contribution in [1.82, 2.24) is 10.3 Å². The molecule has 1 fully saturated rings. The summed E-state index contributed by atoms with van der Waals surface area (Å²) >= 11 is 0. The van der Waals surface area contributed by atoms with E-state index in [2.05, 4.69) is 10.3 Å². The van der Waals surface area contributed by atoms with Gasteiger partial charge in [0.2, 0.25) is 5.43 Å². The average molecular weight is 288 g/mol. The van der Waals surface area contributed by atoms with Gasteiger partial charge in [-0.25, -0.2) is 4.39 Å². The zero-order valence-electron chi connectivity index (χ0n) is 11.6. The van der Waals surface area contributed by atoms with Crippen molar-refractivity contribution in [3.05, 3.63) is 46.0 Å². The van der Waals surface area contributed by atoms with Crippen molar-refractivity contribution in [2.75, 3.05) is 0 Å². The number of amides is 1. The van der Waals surface area contributed by atoms with Crippen LogP contribution in [-0.2, 0) is 0 Å². The minimum atomic E-state index is -0.496. The third-order valence-electron chi connectivity index (χ3n) is 4.05. The molecule has 0 unspecified atom stereocenters. The van der Waals surface area contributed by atoms with E-state index in [-0.39, 0.29) is 28.4 Å². The van der Waals surface area contributed by atoms with Gasteiger partial charge in [0.05, 0.1) is 5.52 Å². The summed E-state index contributed by atoms with van der Waals surface area (Å²) in [5.41, 5.74) is -0.257. The van der Waals surface area contributed by atoms with Crippen LogP contribution in [0.5, 0.6) is 0 Å². The quantitative estimate of drug-likeness (QED) is 0.892. The molecule has 0 aliphatic heterocycles. The Morgan fingerprint density at radius 1 is 1.24 bits per heavy atom. The molecule has 2 aromatic rings. The molecular formula is C16H17FN2O2. The molecule has 3 rings (SSSR count). The fourth-order valence-electron chi connectivity index (χ4n) is 2.89. The zero-order chi connectivity index (χ0) is 14.8. The SMILES string of the molecule is O=C(NC1CCCCC1)c1c[nH]c2c(F)cccc2c1=O. The van der Waals surface area contributed by atoms with Crippen LogP contribution in [-0.4, -0.2) is 16.9 Å². The van der Waals surface area contributed by atoms with Gasteiger partial charge in [-0.2, -0.15) is 0 Å². The second kappa shape index (κ2) is 5.68. The van der Waals surface area contributed by atoms with Crippen molar-refractivity contribution in [3.63, 3.8) is 0 Å². The van der Waals surface area contributed by atoms with Crippen LogP contribution in [0.15, 0.2) is 29.2 Å². The van der Waals surface area contributed by atoms with E-state index < -0.39 is 11.2 Å².